The van der Waals surface area contributed by atoms with Crippen LogP contribution in [-0.2, 0) is 4.74 Å². The molecular weight excluding hydrogens is 323 g/mol. The summed E-state index contributed by atoms with van der Waals surface area (Å²) in [5, 5.41) is 29.2. The van der Waals surface area contributed by atoms with E-state index in [-0.39, 0.29) is 0 Å². The number of aromatic nitrogens is 2. The Bertz CT molecular complexity index is 664. The summed E-state index contributed by atoms with van der Waals surface area (Å²) < 4.78 is 6.49. The first-order chi connectivity index (χ1) is 10.0. The van der Waals surface area contributed by atoms with E-state index >= 15 is 0 Å². The van der Waals surface area contributed by atoms with Crippen molar-refractivity contribution in [2.45, 2.75) is 24.6 Å². The summed E-state index contributed by atoms with van der Waals surface area (Å²) in [4.78, 5) is 9.54. The highest BCUT2D eigenvalue weighted by atomic mass is 35.5. The van der Waals surface area contributed by atoms with Crippen LogP contribution in [0.15, 0.2) is 18.5 Å². The Kier molecular flexibility index (Phi) is 3.96. The molecule has 2 aromatic rings. The molecule has 0 spiro atoms. The predicted molar refractivity (Wildman–Crippen MR) is 74.1 cm³/mol. The number of ether oxygens (including phenoxy) is 1. The van der Waals surface area contributed by atoms with Crippen LogP contribution in [0.5, 0.6) is 0 Å². The van der Waals surface area contributed by atoms with Crippen molar-refractivity contribution >= 4 is 34.2 Å². The summed E-state index contributed by atoms with van der Waals surface area (Å²) in [7, 11) is 0. The summed E-state index contributed by atoms with van der Waals surface area (Å²) in [6, 6.07) is 3.14. The number of aliphatic hydroxyl groups excluding tert-OH is 3. The molecule has 0 amide bonds. The lowest BCUT2D eigenvalue weighted by atomic mass is 10.1. The smallest absolute Gasteiger partial charge is 0.254 e. The summed E-state index contributed by atoms with van der Waals surface area (Å²) >= 11 is 11.8. The van der Waals surface area contributed by atoms with E-state index < -0.39 is 31.2 Å². The molecule has 21 heavy (non-hydrogen) atoms. The van der Waals surface area contributed by atoms with Gasteiger partial charge in [-0.1, -0.05) is 23.2 Å². The van der Waals surface area contributed by atoms with Crippen molar-refractivity contribution in [3.05, 3.63) is 28.5 Å². The number of imidazole rings is 1. The fourth-order valence-electron chi connectivity index (χ4n) is 2.13. The lowest BCUT2D eigenvalue weighted by Crippen LogP contribution is -2.38. The first-order valence-electron chi connectivity index (χ1n) is 6.13. The third-order valence-corrected chi connectivity index (χ3v) is 3.99. The lowest BCUT2D eigenvalue weighted by molar-refractivity contribution is -0.168. The fourth-order valence-corrected chi connectivity index (χ4v) is 2.45. The molecule has 0 saturated carbocycles. The van der Waals surface area contributed by atoms with Crippen molar-refractivity contribution in [2.75, 3.05) is 6.61 Å². The molecule has 3 N–H and O–H groups in total. The molecule has 0 unspecified atom stereocenters. The second-order valence-electron chi connectivity index (χ2n) is 4.64. The van der Waals surface area contributed by atoms with E-state index in [2.05, 4.69) is 4.98 Å². The van der Waals surface area contributed by atoms with Gasteiger partial charge in [0, 0.05) is 0 Å². The SMILES string of the molecule is OC[C@H]1O[C@H](On2cnc3cc(Cl)c(Cl)cc32)[C@H](O)[C@@H]1O. The normalized spacial score (nSPS) is 29.2. The average Bonchev–Trinajstić information content (AvgIpc) is 2.96. The van der Waals surface area contributed by atoms with Crippen molar-refractivity contribution in [3.8, 4) is 0 Å². The first kappa shape index (κ1) is 14.8. The van der Waals surface area contributed by atoms with Crippen molar-refractivity contribution in [1.29, 1.82) is 0 Å². The number of benzene rings is 1. The lowest BCUT2D eigenvalue weighted by Gasteiger charge is -2.17. The van der Waals surface area contributed by atoms with Gasteiger partial charge < -0.3 is 24.9 Å². The van der Waals surface area contributed by atoms with Gasteiger partial charge in [0.1, 0.15) is 30.2 Å². The molecule has 7 nitrogen and oxygen atoms in total. The minimum Gasteiger partial charge on any atom is -0.394 e. The van der Waals surface area contributed by atoms with Gasteiger partial charge in [0.05, 0.1) is 22.2 Å². The Morgan fingerprint density at radius 1 is 1.24 bits per heavy atom. The molecule has 2 heterocycles. The van der Waals surface area contributed by atoms with E-state index in [1.54, 1.807) is 12.1 Å². The van der Waals surface area contributed by atoms with Crippen LogP contribution in [0.4, 0.5) is 0 Å². The summed E-state index contributed by atoms with van der Waals surface area (Å²) in [5.41, 5.74) is 1.08. The van der Waals surface area contributed by atoms with Crippen molar-refractivity contribution in [1.82, 2.24) is 9.71 Å². The van der Waals surface area contributed by atoms with Gasteiger partial charge in [-0.25, -0.2) is 4.98 Å². The van der Waals surface area contributed by atoms with E-state index in [0.29, 0.717) is 21.1 Å². The topological polar surface area (TPSA) is 97.0 Å². The Labute approximate surface area is 129 Å². The Hall–Kier alpha value is -1.09. The Balaban J connectivity index is 1.87. The number of halogens is 2. The van der Waals surface area contributed by atoms with E-state index in [1.807, 2.05) is 0 Å². The number of fused-ring (bicyclic) bond motifs is 1. The quantitative estimate of drug-likeness (QED) is 0.742. The zero-order valence-electron chi connectivity index (χ0n) is 10.6. The molecular formula is C12H12Cl2N2O5. The first-order valence-corrected chi connectivity index (χ1v) is 6.88. The van der Waals surface area contributed by atoms with Crippen LogP contribution in [-0.4, -0.2) is 56.2 Å². The van der Waals surface area contributed by atoms with E-state index in [1.165, 1.54) is 11.1 Å². The summed E-state index contributed by atoms with van der Waals surface area (Å²) in [6.45, 7) is -0.426. The molecule has 1 aromatic carbocycles. The molecule has 0 radical (unpaired) electrons. The molecule has 1 saturated heterocycles. The Morgan fingerprint density at radius 2 is 1.95 bits per heavy atom. The number of nitrogens with zero attached hydrogens (tertiary/aromatic N) is 2. The minimum atomic E-state index is -1.29. The molecule has 3 rings (SSSR count). The molecule has 1 fully saturated rings. The molecule has 1 aliphatic rings. The van der Waals surface area contributed by atoms with Crippen LogP contribution in [0.1, 0.15) is 0 Å². The molecule has 114 valence electrons. The summed E-state index contributed by atoms with van der Waals surface area (Å²) in [5.74, 6) is 0. The van der Waals surface area contributed by atoms with Gasteiger partial charge in [-0.05, 0) is 12.1 Å². The van der Waals surface area contributed by atoms with Crippen LogP contribution in [0.2, 0.25) is 10.0 Å². The standard InChI is InChI=1S/C12H12Cl2N2O5/c13-5-1-7-8(2-6(5)14)16(4-15-7)21-12-11(19)10(18)9(3-17)20-12/h1-2,4,9-12,17-19H,3H2/t9-,10-,11-,12-/m1/s1. The van der Waals surface area contributed by atoms with Crippen LogP contribution < -0.4 is 4.84 Å². The molecule has 0 bridgehead atoms. The molecule has 1 aliphatic heterocycles. The fraction of sp³-hybridized carbons (Fsp3) is 0.417. The van der Waals surface area contributed by atoms with Crippen LogP contribution in [0, 0.1) is 0 Å². The predicted octanol–water partition coefficient (Wildman–Crippen LogP) is 0.211. The zero-order chi connectivity index (χ0) is 15.1. The number of rotatable bonds is 3. The maximum Gasteiger partial charge on any atom is 0.254 e. The second kappa shape index (κ2) is 5.60. The van der Waals surface area contributed by atoms with Gasteiger partial charge in [-0.2, -0.15) is 4.73 Å². The molecule has 1 aromatic heterocycles. The Morgan fingerprint density at radius 3 is 2.62 bits per heavy atom. The molecule has 4 atom stereocenters. The third kappa shape index (κ3) is 2.57. The van der Waals surface area contributed by atoms with Crippen molar-refractivity contribution in [3.63, 3.8) is 0 Å². The number of hydrogen-bond acceptors (Lipinski definition) is 6. The van der Waals surface area contributed by atoms with Gasteiger partial charge in [-0.15, -0.1) is 0 Å². The van der Waals surface area contributed by atoms with Gasteiger partial charge in [0.15, 0.2) is 0 Å². The zero-order valence-corrected chi connectivity index (χ0v) is 12.1. The van der Waals surface area contributed by atoms with Crippen LogP contribution in [0.3, 0.4) is 0 Å². The number of aliphatic hydroxyl groups is 3. The second-order valence-corrected chi connectivity index (χ2v) is 5.45. The van der Waals surface area contributed by atoms with Gasteiger partial charge in [0.2, 0.25) is 0 Å². The average molecular weight is 335 g/mol. The highest BCUT2D eigenvalue weighted by Gasteiger charge is 2.44. The largest absolute Gasteiger partial charge is 0.394 e. The maximum absolute atomic E-state index is 9.84. The van der Waals surface area contributed by atoms with Crippen molar-refractivity contribution < 1.29 is 24.9 Å². The van der Waals surface area contributed by atoms with E-state index in [0.717, 1.165) is 0 Å². The van der Waals surface area contributed by atoms with Gasteiger partial charge in [-0.3, -0.25) is 0 Å². The monoisotopic (exact) mass is 334 g/mol. The van der Waals surface area contributed by atoms with Crippen molar-refractivity contribution in [2.24, 2.45) is 0 Å². The van der Waals surface area contributed by atoms with Crippen LogP contribution >= 0.6 is 23.2 Å². The molecule has 0 aliphatic carbocycles. The van der Waals surface area contributed by atoms with E-state index in [9.17, 15) is 10.2 Å². The van der Waals surface area contributed by atoms with Gasteiger partial charge >= 0.3 is 0 Å². The highest BCUT2D eigenvalue weighted by molar-refractivity contribution is 6.42. The van der Waals surface area contributed by atoms with Gasteiger partial charge in [0.25, 0.3) is 6.29 Å². The van der Waals surface area contributed by atoms with Crippen LogP contribution in [0.25, 0.3) is 11.0 Å². The third-order valence-electron chi connectivity index (χ3n) is 3.27. The van der Waals surface area contributed by atoms with E-state index in [4.69, 9.17) is 37.9 Å². The number of hydrogen-bond donors (Lipinski definition) is 3. The molecule has 9 heteroatoms. The minimum absolute atomic E-state index is 0.329. The highest BCUT2D eigenvalue weighted by Crippen LogP contribution is 2.27. The maximum atomic E-state index is 9.84. The summed E-state index contributed by atoms with van der Waals surface area (Å²) in [6.07, 6.45) is -3.19.